The topological polar surface area (TPSA) is 72.1 Å². The van der Waals surface area contributed by atoms with Gasteiger partial charge in [0.2, 0.25) is 0 Å². The van der Waals surface area contributed by atoms with Gasteiger partial charge in [-0.1, -0.05) is 38.1 Å². The van der Waals surface area contributed by atoms with Crippen LogP contribution in [0.4, 0.5) is 15.9 Å². The smallest absolute Gasteiger partial charge is 0.141 e. The predicted octanol–water partition coefficient (Wildman–Crippen LogP) is 4.29. The molecular formula is C21H23FN4OS. The molecule has 0 radical (unpaired) electrons. The van der Waals surface area contributed by atoms with E-state index in [9.17, 15) is 8.60 Å². The number of nitrogens with zero attached hydrogens (tertiary/aromatic N) is 3. The van der Waals surface area contributed by atoms with E-state index in [4.69, 9.17) is 5.73 Å². The molecule has 0 amide bonds. The lowest BCUT2D eigenvalue weighted by atomic mass is 10.0. The summed E-state index contributed by atoms with van der Waals surface area (Å²) < 4.78 is 29.2. The van der Waals surface area contributed by atoms with E-state index in [1.807, 2.05) is 44.2 Å². The second-order valence-corrected chi connectivity index (χ2v) is 8.44. The van der Waals surface area contributed by atoms with Crippen LogP contribution in [0.5, 0.6) is 0 Å². The molecule has 1 unspecified atom stereocenters. The van der Waals surface area contributed by atoms with Crippen molar-refractivity contribution in [2.75, 3.05) is 22.8 Å². The van der Waals surface area contributed by atoms with Crippen LogP contribution < -0.4 is 10.0 Å². The van der Waals surface area contributed by atoms with E-state index in [2.05, 4.69) is 9.97 Å². The molecule has 1 atom stereocenters. The molecule has 146 valence electrons. The highest BCUT2D eigenvalue weighted by Gasteiger charge is 2.16. The van der Waals surface area contributed by atoms with Crippen molar-refractivity contribution < 1.29 is 8.60 Å². The largest absolute Gasteiger partial charge is 0.382 e. The third-order valence-corrected chi connectivity index (χ3v) is 6.01. The molecule has 0 saturated carbocycles. The van der Waals surface area contributed by atoms with Crippen LogP contribution in [0.25, 0.3) is 22.4 Å². The van der Waals surface area contributed by atoms with Crippen LogP contribution in [0.15, 0.2) is 54.9 Å². The van der Waals surface area contributed by atoms with Gasteiger partial charge in [-0.25, -0.2) is 13.6 Å². The number of anilines is 2. The van der Waals surface area contributed by atoms with Crippen molar-refractivity contribution in [2.24, 2.45) is 5.92 Å². The van der Waals surface area contributed by atoms with Crippen molar-refractivity contribution in [3.8, 4) is 22.4 Å². The lowest BCUT2D eigenvalue weighted by molar-refractivity contribution is 0.631. The summed E-state index contributed by atoms with van der Waals surface area (Å²) in [4.78, 5) is 8.10. The van der Waals surface area contributed by atoms with E-state index in [1.54, 1.807) is 17.4 Å². The molecule has 3 aromatic rings. The number of rotatable bonds is 6. The number of nitrogens with two attached hydrogens (primary N) is 1. The van der Waals surface area contributed by atoms with Crippen molar-refractivity contribution in [1.29, 1.82) is 0 Å². The normalized spacial score (nSPS) is 12.2. The lowest BCUT2D eigenvalue weighted by Crippen LogP contribution is -2.25. The highest BCUT2D eigenvalue weighted by atomic mass is 32.2. The standard InChI is InChI=1S/C21H23FN4OS/c1-14(2)13-28(27)26(3)20-7-5-4-6-16(20)15-8-9-17(18(22)10-15)19-11-25-21(23)12-24-19/h4-12,14H,13H2,1-3H3,(H2,23,25). The third-order valence-electron chi connectivity index (χ3n) is 4.25. The Bertz CT molecular complexity index is 992. The first kappa shape index (κ1) is 19.9. The molecule has 0 bridgehead atoms. The Kier molecular flexibility index (Phi) is 6.04. The molecule has 2 N–H and O–H groups in total. The van der Waals surface area contributed by atoms with Crippen LogP contribution >= 0.6 is 0 Å². The number of nitrogen functional groups attached to an aromatic ring is 1. The average Bonchev–Trinajstić information content (AvgIpc) is 2.67. The number of benzene rings is 2. The highest BCUT2D eigenvalue weighted by molar-refractivity contribution is 7.86. The number of hydrogen-bond acceptors (Lipinski definition) is 4. The molecule has 7 heteroatoms. The minimum atomic E-state index is -1.16. The van der Waals surface area contributed by atoms with E-state index in [0.717, 1.165) is 11.3 Å². The molecular weight excluding hydrogens is 375 g/mol. The second kappa shape index (κ2) is 8.48. The van der Waals surface area contributed by atoms with Crippen molar-refractivity contribution in [3.05, 3.63) is 60.7 Å². The molecule has 0 fully saturated rings. The number of para-hydroxylation sites is 1. The van der Waals surface area contributed by atoms with Crippen LogP contribution in [-0.2, 0) is 11.0 Å². The van der Waals surface area contributed by atoms with E-state index in [0.29, 0.717) is 28.5 Å². The second-order valence-electron chi connectivity index (χ2n) is 6.92. The Morgan fingerprint density at radius 1 is 1.11 bits per heavy atom. The lowest BCUT2D eigenvalue weighted by Gasteiger charge is -2.22. The summed E-state index contributed by atoms with van der Waals surface area (Å²) in [5, 5.41) is 0. The van der Waals surface area contributed by atoms with Gasteiger partial charge in [0.25, 0.3) is 0 Å². The van der Waals surface area contributed by atoms with Crippen LogP contribution in [0.1, 0.15) is 13.8 Å². The quantitative estimate of drug-likeness (QED) is 0.672. The van der Waals surface area contributed by atoms with Gasteiger partial charge in [-0.3, -0.25) is 9.29 Å². The van der Waals surface area contributed by atoms with Crippen molar-refractivity contribution >= 4 is 22.5 Å². The number of hydrogen-bond donors (Lipinski definition) is 1. The molecule has 28 heavy (non-hydrogen) atoms. The van der Waals surface area contributed by atoms with Gasteiger partial charge in [0.05, 0.1) is 23.8 Å². The van der Waals surface area contributed by atoms with Gasteiger partial charge in [0.15, 0.2) is 0 Å². The Labute approximate surface area is 167 Å². The molecule has 3 rings (SSSR count). The van der Waals surface area contributed by atoms with Crippen LogP contribution in [0, 0.1) is 11.7 Å². The minimum absolute atomic E-state index is 0.284. The van der Waals surface area contributed by atoms with E-state index < -0.39 is 16.8 Å². The zero-order valence-corrected chi connectivity index (χ0v) is 16.9. The fraction of sp³-hybridized carbons (Fsp3) is 0.238. The first-order chi connectivity index (χ1) is 13.4. The van der Waals surface area contributed by atoms with Gasteiger partial charge < -0.3 is 5.73 Å². The summed E-state index contributed by atoms with van der Waals surface area (Å²) in [5.41, 5.74) is 8.63. The summed E-state index contributed by atoms with van der Waals surface area (Å²) in [6, 6.07) is 12.5. The zero-order valence-electron chi connectivity index (χ0n) is 16.1. The Morgan fingerprint density at radius 3 is 2.50 bits per heavy atom. The van der Waals surface area contributed by atoms with E-state index in [1.165, 1.54) is 18.5 Å². The molecule has 0 spiro atoms. The van der Waals surface area contributed by atoms with Crippen molar-refractivity contribution in [1.82, 2.24) is 9.97 Å². The third kappa shape index (κ3) is 4.36. The molecule has 1 aromatic heterocycles. The fourth-order valence-corrected chi connectivity index (χ4v) is 4.04. The summed E-state index contributed by atoms with van der Waals surface area (Å²) in [5.74, 6) is 0.756. The maximum Gasteiger partial charge on any atom is 0.141 e. The molecule has 0 aliphatic heterocycles. The molecule has 1 heterocycles. The van der Waals surface area contributed by atoms with Crippen molar-refractivity contribution in [2.45, 2.75) is 13.8 Å². The first-order valence-corrected chi connectivity index (χ1v) is 10.2. The Morgan fingerprint density at radius 2 is 1.86 bits per heavy atom. The van der Waals surface area contributed by atoms with Gasteiger partial charge >= 0.3 is 0 Å². The minimum Gasteiger partial charge on any atom is -0.382 e. The van der Waals surface area contributed by atoms with Gasteiger partial charge in [0.1, 0.15) is 22.6 Å². The van der Waals surface area contributed by atoms with Gasteiger partial charge in [0, 0.05) is 23.9 Å². The monoisotopic (exact) mass is 398 g/mol. The summed E-state index contributed by atoms with van der Waals surface area (Å²) in [6.45, 7) is 4.07. The summed E-state index contributed by atoms with van der Waals surface area (Å²) >= 11 is 0. The molecule has 0 aliphatic rings. The van der Waals surface area contributed by atoms with Gasteiger partial charge in [-0.15, -0.1) is 0 Å². The summed E-state index contributed by atoms with van der Waals surface area (Å²) in [7, 11) is 0.635. The Hall–Kier alpha value is -2.80. The van der Waals surface area contributed by atoms with Crippen LogP contribution in [-0.4, -0.2) is 27.0 Å². The van der Waals surface area contributed by atoms with E-state index in [-0.39, 0.29) is 5.82 Å². The zero-order chi connectivity index (χ0) is 20.3. The average molecular weight is 399 g/mol. The SMILES string of the molecule is CC(C)CS(=O)N(C)c1ccccc1-c1ccc(-c2cnc(N)cn2)c(F)c1. The highest BCUT2D eigenvalue weighted by Crippen LogP contribution is 2.33. The molecule has 0 saturated heterocycles. The Balaban J connectivity index is 1.97. The van der Waals surface area contributed by atoms with Gasteiger partial charge in [-0.05, 0) is 29.7 Å². The predicted molar refractivity (Wildman–Crippen MR) is 114 cm³/mol. The van der Waals surface area contributed by atoms with Crippen LogP contribution in [0.2, 0.25) is 0 Å². The van der Waals surface area contributed by atoms with Gasteiger partial charge in [-0.2, -0.15) is 0 Å². The fourth-order valence-electron chi connectivity index (χ4n) is 2.87. The maximum absolute atomic E-state index is 14.8. The number of aromatic nitrogens is 2. The number of halogens is 1. The van der Waals surface area contributed by atoms with Crippen molar-refractivity contribution in [3.63, 3.8) is 0 Å². The summed E-state index contributed by atoms with van der Waals surface area (Å²) in [6.07, 6.45) is 2.85. The maximum atomic E-state index is 14.8. The molecule has 2 aromatic carbocycles. The van der Waals surface area contributed by atoms with E-state index >= 15 is 0 Å². The molecule has 0 aliphatic carbocycles. The molecule has 5 nitrogen and oxygen atoms in total. The first-order valence-electron chi connectivity index (χ1n) is 8.96. The van der Waals surface area contributed by atoms with Crippen LogP contribution in [0.3, 0.4) is 0 Å².